The first-order valence-corrected chi connectivity index (χ1v) is 5.54. The molecule has 0 radical (unpaired) electrons. The largest absolute Gasteiger partial charge is 0.478 e. The zero-order valence-electron chi connectivity index (χ0n) is 10.9. The molecule has 7 nitrogen and oxygen atoms in total. The fraction of sp³-hybridized carbons (Fsp3) is 0.333. The number of carboxylic acids is 1. The van der Waals surface area contributed by atoms with Crippen LogP contribution in [0.3, 0.4) is 0 Å². The topological polar surface area (TPSA) is 99.6 Å². The maximum atomic E-state index is 11.8. The second-order valence-electron chi connectivity index (χ2n) is 4.17. The van der Waals surface area contributed by atoms with E-state index in [0.29, 0.717) is 0 Å². The second-order valence-corrected chi connectivity index (χ2v) is 4.17. The van der Waals surface area contributed by atoms with Gasteiger partial charge in [0.15, 0.2) is 0 Å². The lowest BCUT2D eigenvalue weighted by molar-refractivity contribution is -0.130. The summed E-state index contributed by atoms with van der Waals surface area (Å²) in [5.41, 5.74) is 0.0531. The third kappa shape index (κ3) is 3.77. The number of carbonyl (C=O) groups is 3. The van der Waals surface area contributed by atoms with Gasteiger partial charge in [0, 0.05) is 20.3 Å². The van der Waals surface area contributed by atoms with Gasteiger partial charge >= 0.3 is 5.97 Å². The summed E-state index contributed by atoms with van der Waals surface area (Å²) in [4.78, 5) is 39.1. The number of hydrogen-bond donors (Lipinski definition) is 2. The van der Waals surface area contributed by atoms with E-state index in [1.165, 1.54) is 17.0 Å². The Balaban J connectivity index is 2.73. The predicted molar refractivity (Wildman–Crippen MR) is 66.8 cm³/mol. The quantitative estimate of drug-likeness (QED) is 0.797. The summed E-state index contributed by atoms with van der Waals surface area (Å²) in [6, 6.07) is 1.90. The molecule has 102 valence electrons. The Bertz CT molecular complexity index is 496. The SMILES string of the molecule is CC(NC(=O)c1ccc(C(=O)O)cn1)C(=O)N(C)C. The molecular formula is C12H15N3O4. The molecule has 0 aromatic carbocycles. The summed E-state index contributed by atoms with van der Waals surface area (Å²) in [5.74, 6) is -1.88. The second kappa shape index (κ2) is 5.94. The van der Waals surface area contributed by atoms with E-state index in [1.807, 2.05) is 0 Å². The highest BCUT2D eigenvalue weighted by molar-refractivity contribution is 5.96. The summed E-state index contributed by atoms with van der Waals surface area (Å²) in [6.45, 7) is 1.56. The number of aromatic carboxylic acids is 1. The minimum Gasteiger partial charge on any atom is -0.478 e. The fourth-order valence-corrected chi connectivity index (χ4v) is 1.37. The highest BCUT2D eigenvalue weighted by Gasteiger charge is 2.18. The molecule has 1 aromatic heterocycles. The normalized spacial score (nSPS) is 11.5. The van der Waals surface area contributed by atoms with Gasteiger partial charge < -0.3 is 15.3 Å². The Kier molecular flexibility index (Phi) is 4.57. The monoisotopic (exact) mass is 265 g/mol. The van der Waals surface area contributed by atoms with Crippen molar-refractivity contribution < 1.29 is 19.5 Å². The van der Waals surface area contributed by atoms with Gasteiger partial charge in [0.1, 0.15) is 11.7 Å². The molecule has 2 amide bonds. The Morgan fingerprint density at radius 1 is 1.32 bits per heavy atom. The van der Waals surface area contributed by atoms with Crippen LogP contribution in [0, 0.1) is 0 Å². The molecule has 1 aromatic rings. The molecule has 0 aliphatic carbocycles. The Hall–Kier alpha value is -2.44. The van der Waals surface area contributed by atoms with Crippen LogP contribution in [0.15, 0.2) is 18.3 Å². The molecule has 1 heterocycles. The average Bonchev–Trinajstić information content (AvgIpc) is 2.37. The minimum atomic E-state index is -1.12. The Morgan fingerprint density at radius 3 is 2.37 bits per heavy atom. The third-order valence-corrected chi connectivity index (χ3v) is 2.40. The highest BCUT2D eigenvalue weighted by Crippen LogP contribution is 2.01. The molecule has 7 heteroatoms. The van der Waals surface area contributed by atoms with E-state index in [2.05, 4.69) is 10.3 Å². The Labute approximate surface area is 110 Å². The van der Waals surface area contributed by atoms with Crippen molar-refractivity contribution >= 4 is 17.8 Å². The first-order valence-electron chi connectivity index (χ1n) is 5.54. The summed E-state index contributed by atoms with van der Waals surface area (Å²) < 4.78 is 0. The molecule has 2 N–H and O–H groups in total. The molecule has 0 bridgehead atoms. The van der Waals surface area contributed by atoms with E-state index in [9.17, 15) is 14.4 Å². The standard InChI is InChI=1S/C12H15N3O4/c1-7(11(17)15(2)3)14-10(16)9-5-4-8(6-13-9)12(18)19/h4-7H,1-3H3,(H,14,16)(H,18,19). The number of rotatable bonds is 4. The van der Waals surface area contributed by atoms with Gasteiger partial charge in [0.05, 0.1) is 5.56 Å². The lowest BCUT2D eigenvalue weighted by atomic mass is 10.2. The number of aromatic nitrogens is 1. The van der Waals surface area contributed by atoms with Gasteiger partial charge in [-0.1, -0.05) is 0 Å². The van der Waals surface area contributed by atoms with Crippen LogP contribution >= 0.6 is 0 Å². The lowest BCUT2D eigenvalue weighted by Gasteiger charge is -2.17. The summed E-state index contributed by atoms with van der Waals surface area (Å²) in [6.07, 6.45) is 1.09. The van der Waals surface area contributed by atoms with Crippen molar-refractivity contribution in [2.45, 2.75) is 13.0 Å². The van der Waals surface area contributed by atoms with Gasteiger partial charge in [-0.25, -0.2) is 4.79 Å². The molecule has 1 rings (SSSR count). The van der Waals surface area contributed by atoms with E-state index >= 15 is 0 Å². The van der Waals surface area contributed by atoms with Gasteiger partial charge in [-0.05, 0) is 19.1 Å². The molecule has 0 aliphatic rings. The van der Waals surface area contributed by atoms with Crippen molar-refractivity contribution in [3.63, 3.8) is 0 Å². The van der Waals surface area contributed by atoms with Crippen LogP contribution in [0.2, 0.25) is 0 Å². The van der Waals surface area contributed by atoms with Crippen LogP contribution in [-0.4, -0.2) is 52.9 Å². The van der Waals surface area contributed by atoms with E-state index in [1.54, 1.807) is 21.0 Å². The van der Waals surface area contributed by atoms with Crippen LogP contribution < -0.4 is 5.32 Å². The molecule has 0 spiro atoms. The summed E-state index contributed by atoms with van der Waals surface area (Å²) in [7, 11) is 3.18. The van der Waals surface area contributed by atoms with Crippen molar-refractivity contribution in [3.05, 3.63) is 29.6 Å². The smallest absolute Gasteiger partial charge is 0.337 e. The first kappa shape index (κ1) is 14.6. The highest BCUT2D eigenvalue weighted by atomic mass is 16.4. The predicted octanol–water partition coefficient (Wildman–Crippen LogP) is -0.0137. The van der Waals surface area contributed by atoms with E-state index < -0.39 is 17.9 Å². The molecule has 0 saturated heterocycles. The van der Waals surface area contributed by atoms with Gasteiger partial charge in [-0.15, -0.1) is 0 Å². The van der Waals surface area contributed by atoms with Gasteiger partial charge in [0.25, 0.3) is 5.91 Å². The number of pyridine rings is 1. The summed E-state index contributed by atoms with van der Waals surface area (Å²) >= 11 is 0. The van der Waals surface area contributed by atoms with E-state index in [0.717, 1.165) is 6.20 Å². The number of hydrogen-bond acceptors (Lipinski definition) is 4. The number of carboxylic acid groups (broad SMARTS) is 1. The maximum Gasteiger partial charge on any atom is 0.337 e. The van der Waals surface area contributed by atoms with Crippen molar-refractivity contribution in [2.24, 2.45) is 0 Å². The van der Waals surface area contributed by atoms with Crippen LogP contribution in [0.5, 0.6) is 0 Å². The minimum absolute atomic E-state index is 0.00559. The Morgan fingerprint density at radius 2 is 1.95 bits per heavy atom. The van der Waals surface area contributed by atoms with Gasteiger partial charge in [0.2, 0.25) is 5.91 Å². The number of carbonyl (C=O) groups excluding carboxylic acids is 2. The molecule has 1 atom stereocenters. The van der Waals surface area contributed by atoms with Gasteiger partial charge in [-0.3, -0.25) is 14.6 Å². The van der Waals surface area contributed by atoms with E-state index in [-0.39, 0.29) is 17.2 Å². The third-order valence-electron chi connectivity index (χ3n) is 2.40. The number of likely N-dealkylation sites (N-methyl/N-ethyl adjacent to an activating group) is 1. The van der Waals surface area contributed by atoms with Crippen LogP contribution in [0.1, 0.15) is 27.8 Å². The number of nitrogens with zero attached hydrogens (tertiary/aromatic N) is 2. The van der Waals surface area contributed by atoms with Crippen molar-refractivity contribution in [1.82, 2.24) is 15.2 Å². The maximum absolute atomic E-state index is 11.8. The first-order chi connectivity index (χ1) is 8.82. The molecule has 0 aliphatic heterocycles. The van der Waals surface area contributed by atoms with Crippen LogP contribution in [0.4, 0.5) is 0 Å². The average molecular weight is 265 g/mol. The van der Waals surface area contributed by atoms with Gasteiger partial charge in [-0.2, -0.15) is 0 Å². The van der Waals surface area contributed by atoms with Crippen molar-refractivity contribution in [1.29, 1.82) is 0 Å². The number of amides is 2. The molecule has 0 fully saturated rings. The molecule has 0 saturated carbocycles. The zero-order chi connectivity index (χ0) is 14.6. The fourth-order valence-electron chi connectivity index (χ4n) is 1.37. The lowest BCUT2D eigenvalue weighted by Crippen LogP contribution is -2.44. The molecule has 1 unspecified atom stereocenters. The summed E-state index contributed by atoms with van der Waals surface area (Å²) in [5, 5.41) is 11.2. The van der Waals surface area contributed by atoms with Crippen molar-refractivity contribution in [3.8, 4) is 0 Å². The zero-order valence-corrected chi connectivity index (χ0v) is 10.9. The van der Waals surface area contributed by atoms with Crippen molar-refractivity contribution in [2.75, 3.05) is 14.1 Å². The number of nitrogens with one attached hydrogen (secondary N) is 1. The molecular weight excluding hydrogens is 250 g/mol. The molecule has 19 heavy (non-hydrogen) atoms. The van der Waals surface area contributed by atoms with Crippen LogP contribution in [-0.2, 0) is 4.79 Å². The van der Waals surface area contributed by atoms with Crippen LogP contribution in [0.25, 0.3) is 0 Å². The van der Waals surface area contributed by atoms with E-state index in [4.69, 9.17) is 5.11 Å².